The molecule has 0 unspecified atom stereocenters. The van der Waals surface area contributed by atoms with Crippen LogP contribution in [0.25, 0.3) is 0 Å². The Morgan fingerprint density at radius 2 is 2.36 bits per heavy atom. The number of carbonyl (C=O) groups excluding carboxylic acids is 1. The highest BCUT2D eigenvalue weighted by Gasteiger charge is 2.08. The fourth-order valence-corrected chi connectivity index (χ4v) is 0.722. The third kappa shape index (κ3) is 3.39. The molecular formula is C7H12ClNO2. The average molecular weight is 178 g/mol. The van der Waals surface area contributed by atoms with Crippen LogP contribution in [-0.2, 0) is 9.53 Å². The molecule has 1 heterocycles. The minimum atomic E-state index is -0.223. The molecule has 0 aliphatic carbocycles. The molecule has 1 rings (SSSR count). The monoisotopic (exact) mass is 177 g/mol. The van der Waals surface area contributed by atoms with Crippen molar-refractivity contribution in [2.45, 2.75) is 6.92 Å². The molecule has 0 bridgehead atoms. The third-order valence-electron chi connectivity index (χ3n) is 1.31. The fraction of sp³-hybridized carbons (Fsp3) is 0.571. The molecule has 1 aliphatic heterocycles. The van der Waals surface area contributed by atoms with Gasteiger partial charge < -0.3 is 10.1 Å². The number of hydrogen-bond acceptors (Lipinski definition) is 3. The molecule has 0 atom stereocenters. The van der Waals surface area contributed by atoms with Gasteiger partial charge in [-0.1, -0.05) is 0 Å². The minimum Gasteiger partial charge on any atom is -0.463 e. The standard InChI is InChI=1S/C7H11NO2.ClH/c1-2-10-7(9)3-6-4-8-5-6;/h3,8H,2,4-5H2,1H3;1H. The molecule has 0 saturated carbocycles. The summed E-state index contributed by atoms with van der Waals surface area (Å²) in [6, 6.07) is 0. The van der Waals surface area contributed by atoms with Gasteiger partial charge in [0.2, 0.25) is 0 Å². The lowest BCUT2D eigenvalue weighted by molar-refractivity contribution is -0.137. The number of nitrogens with one attached hydrogen (secondary N) is 1. The predicted molar refractivity (Wildman–Crippen MR) is 44.8 cm³/mol. The summed E-state index contributed by atoms with van der Waals surface area (Å²) in [7, 11) is 0. The first-order valence-electron chi connectivity index (χ1n) is 3.40. The van der Waals surface area contributed by atoms with Crippen molar-refractivity contribution < 1.29 is 9.53 Å². The zero-order valence-electron chi connectivity index (χ0n) is 6.42. The van der Waals surface area contributed by atoms with Gasteiger partial charge in [0.05, 0.1) is 6.61 Å². The number of ether oxygens (including phenoxy) is 1. The SMILES string of the molecule is CCOC(=O)C=C1CNC1.Cl. The highest BCUT2D eigenvalue weighted by atomic mass is 35.5. The first-order valence-corrected chi connectivity index (χ1v) is 3.40. The van der Waals surface area contributed by atoms with Crippen LogP contribution in [0.3, 0.4) is 0 Å². The van der Waals surface area contributed by atoms with E-state index in [2.05, 4.69) is 5.32 Å². The lowest BCUT2D eigenvalue weighted by Gasteiger charge is -2.17. The van der Waals surface area contributed by atoms with Gasteiger partial charge >= 0.3 is 5.97 Å². The Balaban J connectivity index is 0.000001000. The first kappa shape index (κ1) is 10.5. The van der Waals surface area contributed by atoms with Crippen molar-refractivity contribution in [3.05, 3.63) is 11.6 Å². The second-order valence-corrected chi connectivity index (χ2v) is 2.16. The average Bonchev–Trinajstić information content (AvgIpc) is 1.80. The van der Waals surface area contributed by atoms with Crippen LogP contribution < -0.4 is 5.32 Å². The van der Waals surface area contributed by atoms with E-state index in [1.54, 1.807) is 13.0 Å². The van der Waals surface area contributed by atoms with Gasteiger partial charge in [-0.25, -0.2) is 4.79 Å². The molecule has 0 aromatic rings. The summed E-state index contributed by atoms with van der Waals surface area (Å²) in [6.07, 6.45) is 1.56. The second-order valence-electron chi connectivity index (χ2n) is 2.16. The van der Waals surface area contributed by atoms with Crippen LogP contribution in [-0.4, -0.2) is 25.7 Å². The van der Waals surface area contributed by atoms with E-state index in [0.717, 1.165) is 18.7 Å². The molecule has 0 radical (unpaired) electrons. The van der Waals surface area contributed by atoms with Crippen molar-refractivity contribution in [2.24, 2.45) is 0 Å². The van der Waals surface area contributed by atoms with E-state index in [9.17, 15) is 4.79 Å². The maximum atomic E-state index is 10.7. The zero-order chi connectivity index (χ0) is 7.40. The van der Waals surface area contributed by atoms with Gasteiger partial charge in [-0.05, 0) is 12.5 Å². The van der Waals surface area contributed by atoms with E-state index < -0.39 is 0 Å². The molecule has 1 fully saturated rings. The number of esters is 1. The molecule has 0 amide bonds. The molecule has 11 heavy (non-hydrogen) atoms. The van der Waals surface area contributed by atoms with Crippen LogP contribution in [0, 0.1) is 0 Å². The Morgan fingerprint density at radius 3 is 2.73 bits per heavy atom. The molecule has 64 valence electrons. The summed E-state index contributed by atoms with van der Waals surface area (Å²) < 4.78 is 4.71. The summed E-state index contributed by atoms with van der Waals surface area (Å²) in [5.74, 6) is -0.223. The molecule has 1 saturated heterocycles. The summed E-state index contributed by atoms with van der Waals surface area (Å²) in [5.41, 5.74) is 1.12. The van der Waals surface area contributed by atoms with Gasteiger partial charge in [-0.3, -0.25) is 0 Å². The molecule has 4 heteroatoms. The van der Waals surface area contributed by atoms with Gasteiger partial charge in [0.25, 0.3) is 0 Å². The Hall–Kier alpha value is -0.540. The van der Waals surface area contributed by atoms with Crippen LogP contribution in [0.5, 0.6) is 0 Å². The molecule has 1 N–H and O–H groups in total. The van der Waals surface area contributed by atoms with E-state index in [-0.39, 0.29) is 18.4 Å². The normalized spacial score (nSPS) is 14.5. The van der Waals surface area contributed by atoms with Crippen LogP contribution in [0.4, 0.5) is 0 Å². The Labute approximate surface area is 72.2 Å². The fourth-order valence-electron chi connectivity index (χ4n) is 0.722. The minimum absolute atomic E-state index is 0. The maximum Gasteiger partial charge on any atom is 0.330 e. The zero-order valence-corrected chi connectivity index (χ0v) is 7.24. The highest BCUT2D eigenvalue weighted by molar-refractivity contribution is 5.85. The van der Waals surface area contributed by atoms with E-state index in [0.29, 0.717) is 6.61 Å². The van der Waals surface area contributed by atoms with Gasteiger partial charge in [0.15, 0.2) is 0 Å². The molecule has 0 spiro atoms. The maximum absolute atomic E-state index is 10.7. The van der Waals surface area contributed by atoms with E-state index in [4.69, 9.17) is 4.74 Å². The summed E-state index contributed by atoms with van der Waals surface area (Å²) in [4.78, 5) is 10.7. The van der Waals surface area contributed by atoms with Gasteiger partial charge in [0, 0.05) is 19.2 Å². The van der Waals surface area contributed by atoms with Crippen molar-refractivity contribution in [3.8, 4) is 0 Å². The molecule has 0 aromatic carbocycles. The smallest absolute Gasteiger partial charge is 0.330 e. The van der Waals surface area contributed by atoms with E-state index in [1.165, 1.54) is 0 Å². The Morgan fingerprint density at radius 1 is 1.73 bits per heavy atom. The topological polar surface area (TPSA) is 38.3 Å². The van der Waals surface area contributed by atoms with Crippen LogP contribution in [0.2, 0.25) is 0 Å². The number of carbonyl (C=O) groups is 1. The Kier molecular flexibility index (Phi) is 4.90. The van der Waals surface area contributed by atoms with Crippen LogP contribution in [0.1, 0.15) is 6.92 Å². The number of halogens is 1. The first-order chi connectivity index (χ1) is 4.83. The quantitative estimate of drug-likeness (QED) is 0.493. The van der Waals surface area contributed by atoms with Crippen LogP contribution >= 0.6 is 12.4 Å². The predicted octanol–water partition coefficient (Wildman–Crippen LogP) is 0.501. The van der Waals surface area contributed by atoms with Crippen molar-refractivity contribution in [3.63, 3.8) is 0 Å². The molecule has 1 aliphatic rings. The lowest BCUT2D eigenvalue weighted by Crippen LogP contribution is -2.34. The van der Waals surface area contributed by atoms with Crippen molar-refractivity contribution in [1.29, 1.82) is 0 Å². The lowest BCUT2D eigenvalue weighted by atomic mass is 10.1. The molecule has 0 aromatic heterocycles. The van der Waals surface area contributed by atoms with Crippen molar-refractivity contribution in [1.82, 2.24) is 5.32 Å². The summed E-state index contributed by atoms with van der Waals surface area (Å²) in [5, 5.41) is 3.03. The van der Waals surface area contributed by atoms with E-state index in [1.807, 2.05) is 0 Å². The number of hydrogen-bond donors (Lipinski definition) is 1. The van der Waals surface area contributed by atoms with E-state index >= 15 is 0 Å². The van der Waals surface area contributed by atoms with Gasteiger partial charge in [-0.2, -0.15) is 0 Å². The third-order valence-corrected chi connectivity index (χ3v) is 1.31. The second kappa shape index (κ2) is 5.16. The highest BCUT2D eigenvalue weighted by Crippen LogP contribution is 1.99. The summed E-state index contributed by atoms with van der Waals surface area (Å²) in [6.45, 7) is 3.92. The van der Waals surface area contributed by atoms with Gasteiger partial charge in [0.1, 0.15) is 0 Å². The summed E-state index contributed by atoms with van der Waals surface area (Å²) >= 11 is 0. The van der Waals surface area contributed by atoms with Crippen molar-refractivity contribution >= 4 is 18.4 Å². The van der Waals surface area contributed by atoms with Gasteiger partial charge in [-0.15, -0.1) is 12.4 Å². The van der Waals surface area contributed by atoms with Crippen molar-refractivity contribution in [2.75, 3.05) is 19.7 Å². The number of rotatable bonds is 2. The Bertz CT molecular complexity index is 162. The molecular weight excluding hydrogens is 166 g/mol. The molecule has 3 nitrogen and oxygen atoms in total. The largest absolute Gasteiger partial charge is 0.463 e. The van der Waals surface area contributed by atoms with Crippen LogP contribution in [0.15, 0.2) is 11.6 Å².